The molecule has 1 aliphatic heterocycles. The number of ether oxygens (including phenoxy) is 3. The fourth-order valence-electron chi connectivity index (χ4n) is 3.00. The van der Waals surface area contributed by atoms with Crippen molar-refractivity contribution < 1.29 is 31.8 Å². The van der Waals surface area contributed by atoms with Crippen LogP contribution in [0.5, 0.6) is 11.5 Å². The molecule has 0 radical (unpaired) electrons. The Hall–Kier alpha value is -2.69. The van der Waals surface area contributed by atoms with Gasteiger partial charge in [-0.25, -0.2) is 12.8 Å². The number of methoxy groups -OCH3 is 1. The van der Waals surface area contributed by atoms with Crippen LogP contribution in [-0.2, 0) is 19.6 Å². The average molecular weight is 453 g/mol. The van der Waals surface area contributed by atoms with Crippen molar-refractivity contribution in [3.05, 3.63) is 48.3 Å². The number of rotatable bonds is 7. The third-order valence-electron chi connectivity index (χ3n) is 4.76. The molecule has 1 aliphatic rings. The number of hydrogen-bond acceptors (Lipinski definition) is 6. The Labute approximate surface area is 181 Å². The van der Waals surface area contributed by atoms with Crippen molar-refractivity contribution in [2.45, 2.75) is 24.3 Å². The molecule has 0 unspecified atom stereocenters. The minimum Gasteiger partial charge on any atom is -0.495 e. The highest BCUT2D eigenvalue weighted by atomic mass is 32.2. The lowest BCUT2D eigenvalue weighted by Crippen LogP contribution is -2.42. The summed E-state index contributed by atoms with van der Waals surface area (Å²) < 4.78 is 56.5. The van der Waals surface area contributed by atoms with Crippen LogP contribution in [0.2, 0.25) is 0 Å². The minimum atomic E-state index is -3.75. The van der Waals surface area contributed by atoms with Crippen LogP contribution in [0.25, 0.3) is 0 Å². The van der Waals surface area contributed by atoms with E-state index in [9.17, 15) is 17.6 Å². The normalized spacial score (nSPS) is 15.4. The molecule has 10 heteroatoms. The third kappa shape index (κ3) is 5.33. The molecule has 8 nitrogen and oxygen atoms in total. The molecule has 0 aliphatic carbocycles. The number of anilines is 1. The van der Waals surface area contributed by atoms with Crippen LogP contribution in [-0.4, -0.2) is 57.6 Å². The van der Waals surface area contributed by atoms with E-state index in [-0.39, 0.29) is 23.7 Å². The monoisotopic (exact) mass is 452 g/mol. The summed E-state index contributed by atoms with van der Waals surface area (Å²) in [6.07, 6.45) is 0. The molecule has 2 aromatic carbocycles. The standard InChI is InChI=1S/C21H25FN2O6S/c1-21(2,30-16-6-4-15(22)5-7-16)20(25)23-18-14-17(8-9-19(18)28-3)31(26,27)24-10-12-29-13-11-24/h4-9,14H,10-13H2,1-3H3,(H,23,25). The van der Waals surface area contributed by atoms with E-state index in [2.05, 4.69) is 5.32 Å². The maximum absolute atomic E-state index is 13.1. The van der Waals surface area contributed by atoms with Gasteiger partial charge in [-0.05, 0) is 56.3 Å². The van der Waals surface area contributed by atoms with Gasteiger partial charge in [0.05, 0.1) is 30.9 Å². The van der Waals surface area contributed by atoms with Crippen molar-refractivity contribution in [3.63, 3.8) is 0 Å². The van der Waals surface area contributed by atoms with Crippen LogP contribution >= 0.6 is 0 Å². The van der Waals surface area contributed by atoms with E-state index in [4.69, 9.17) is 14.2 Å². The predicted molar refractivity (Wildman–Crippen MR) is 112 cm³/mol. The van der Waals surface area contributed by atoms with E-state index in [1.54, 1.807) is 13.8 Å². The Bertz CT molecular complexity index is 1030. The minimum absolute atomic E-state index is 0.0303. The number of carbonyl (C=O) groups is 1. The molecule has 1 heterocycles. The van der Waals surface area contributed by atoms with Crippen LogP contribution in [0.1, 0.15) is 13.8 Å². The zero-order valence-corrected chi connectivity index (χ0v) is 18.4. The van der Waals surface area contributed by atoms with Crippen LogP contribution in [0, 0.1) is 5.82 Å². The first kappa shape index (κ1) is 23.0. The number of nitrogens with zero attached hydrogens (tertiary/aromatic N) is 1. The average Bonchev–Trinajstić information content (AvgIpc) is 2.75. The van der Waals surface area contributed by atoms with Gasteiger partial charge in [-0.1, -0.05) is 0 Å². The van der Waals surface area contributed by atoms with Gasteiger partial charge in [0.25, 0.3) is 5.91 Å². The summed E-state index contributed by atoms with van der Waals surface area (Å²) in [7, 11) is -2.34. The lowest BCUT2D eigenvalue weighted by molar-refractivity contribution is -0.128. The van der Waals surface area contributed by atoms with E-state index in [1.807, 2.05) is 0 Å². The number of carbonyl (C=O) groups excluding carboxylic acids is 1. The van der Waals surface area contributed by atoms with E-state index in [1.165, 1.54) is 53.9 Å². The van der Waals surface area contributed by atoms with Crippen LogP contribution in [0.4, 0.5) is 10.1 Å². The summed E-state index contributed by atoms with van der Waals surface area (Å²) in [6, 6.07) is 9.56. The number of amides is 1. The smallest absolute Gasteiger partial charge is 0.268 e. The molecule has 0 spiro atoms. The van der Waals surface area contributed by atoms with Crippen molar-refractivity contribution >= 4 is 21.6 Å². The second-order valence-electron chi connectivity index (χ2n) is 7.40. The topological polar surface area (TPSA) is 94.2 Å². The summed E-state index contributed by atoms with van der Waals surface area (Å²) in [4.78, 5) is 12.9. The molecule has 3 rings (SSSR count). The van der Waals surface area contributed by atoms with Crippen molar-refractivity contribution in [2.24, 2.45) is 0 Å². The zero-order chi connectivity index (χ0) is 22.6. The largest absolute Gasteiger partial charge is 0.495 e. The highest BCUT2D eigenvalue weighted by Gasteiger charge is 2.32. The molecule has 0 saturated carbocycles. The first-order valence-corrected chi connectivity index (χ1v) is 11.1. The second kappa shape index (κ2) is 9.21. The second-order valence-corrected chi connectivity index (χ2v) is 9.34. The van der Waals surface area contributed by atoms with Gasteiger partial charge in [-0.2, -0.15) is 4.31 Å². The summed E-state index contributed by atoms with van der Waals surface area (Å²) >= 11 is 0. The van der Waals surface area contributed by atoms with E-state index >= 15 is 0 Å². The Morgan fingerprint density at radius 2 is 1.77 bits per heavy atom. The molecule has 31 heavy (non-hydrogen) atoms. The number of hydrogen-bond donors (Lipinski definition) is 1. The molecule has 1 amide bonds. The van der Waals surface area contributed by atoms with Gasteiger partial charge in [0, 0.05) is 13.1 Å². The Morgan fingerprint density at radius 3 is 2.39 bits per heavy atom. The lowest BCUT2D eigenvalue weighted by atomic mass is 10.1. The van der Waals surface area contributed by atoms with Gasteiger partial charge in [0.15, 0.2) is 5.60 Å². The van der Waals surface area contributed by atoms with E-state index in [0.717, 1.165) is 0 Å². The molecule has 168 valence electrons. The Balaban J connectivity index is 1.83. The SMILES string of the molecule is COc1ccc(S(=O)(=O)N2CCOCC2)cc1NC(=O)C(C)(C)Oc1ccc(F)cc1. The van der Waals surface area contributed by atoms with Crippen molar-refractivity contribution in [1.82, 2.24) is 4.31 Å². The molecular formula is C21H25FN2O6S. The highest BCUT2D eigenvalue weighted by Crippen LogP contribution is 2.30. The van der Waals surface area contributed by atoms with Crippen LogP contribution in [0.15, 0.2) is 47.4 Å². The summed E-state index contributed by atoms with van der Waals surface area (Å²) in [6.45, 7) is 4.27. The van der Waals surface area contributed by atoms with Gasteiger partial charge in [-0.3, -0.25) is 4.79 Å². The van der Waals surface area contributed by atoms with Crippen molar-refractivity contribution in [3.8, 4) is 11.5 Å². The highest BCUT2D eigenvalue weighted by molar-refractivity contribution is 7.89. The van der Waals surface area contributed by atoms with Gasteiger partial charge in [0.2, 0.25) is 10.0 Å². The van der Waals surface area contributed by atoms with Crippen LogP contribution in [0.3, 0.4) is 0 Å². The van der Waals surface area contributed by atoms with Gasteiger partial charge >= 0.3 is 0 Å². The fourth-order valence-corrected chi connectivity index (χ4v) is 4.43. The number of nitrogens with one attached hydrogen (secondary N) is 1. The summed E-state index contributed by atoms with van der Waals surface area (Å²) in [5.74, 6) is -0.335. The Morgan fingerprint density at radius 1 is 1.13 bits per heavy atom. The molecule has 0 atom stereocenters. The number of halogens is 1. The van der Waals surface area contributed by atoms with Gasteiger partial charge in [-0.15, -0.1) is 0 Å². The summed E-state index contributed by atoms with van der Waals surface area (Å²) in [5, 5.41) is 2.68. The fraction of sp³-hybridized carbons (Fsp3) is 0.381. The lowest BCUT2D eigenvalue weighted by Gasteiger charge is -2.27. The molecule has 2 aromatic rings. The molecule has 1 fully saturated rings. The third-order valence-corrected chi connectivity index (χ3v) is 6.66. The quantitative estimate of drug-likeness (QED) is 0.694. The van der Waals surface area contributed by atoms with Gasteiger partial charge in [0.1, 0.15) is 17.3 Å². The van der Waals surface area contributed by atoms with Gasteiger partial charge < -0.3 is 19.5 Å². The first-order chi connectivity index (χ1) is 14.6. The molecular weight excluding hydrogens is 427 g/mol. The van der Waals surface area contributed by atoms with Crippen molar-refractivity contribution in [2.75, 3.05) is 38.7 Å². The first-order valence-electron chi connectivity index (χ1n) is 9.65. The zero-order valence-electron chi connectivity index (χ0n) is 17.6. The molecule has 0 bridgehead atoms. The Kier molecular flexibility index (Phi) is 6.83. The van der Waals surface area contributed by atoms with E-state index < -0.39 is 27.3 Å². The number of sulfonamides is 1. The predicted octanol–water partition coefficient (Wildman–Crippen LogP) is 2.65. The maximum atomic E-state index is 13.1. The molecule has 0 aromatic heterocycles. The number of morpholine rings is 1. The maximum Gasteiger partial charge on any atom is 0.268 e. The van der Waals surface area contributed by atoms with Crippen LogP contribution < -0.4 is 14.8 Å². The molecule has 1 saturated heterocycles. The van der Waals surface area contributed by atoms with E-state index in [0.29, 0.717) is 24.7 Å². The molecule has 1 N–H and O–H groups in total. The number of benzene rings is 2. The summed E-state index contributed by atoms with van der Waals surface area (Å²) in [5.41, 5.74) is -1.14. The van der Waals surface area contributed by atoms with Crippen molar-refractivity contribution in [1.29, 1.82) is 0 Å².